The van der Waals surface area contributed by atoms with E-state index >= 15 is 0 Å². The summed E-state index contributed by atoms with van der Waals surface area (Å²) < 4.78 is 4.92. The molecule has 1 heterocycles. The molecule has 1 fully saturated rings. The third-order valence-corrected chi connectivity index (χ3v) is 4.91. The van der Waals surface area contributed by atoms with Gasteiger partial charge in [-0.2, -0.15) is 0 Å². The van der Waals surface area contributed by atoms with Crippen molar-refractivity contribution in [2.45, 2.75) is 70.7 Å². The lowest BCUT2D eigenvalue weighted by molar-refractivity contribution is -0.0522. The summed E-state index contributed by atoms with van der Waals surface area (Å²) >= 11 is 0. The zero-order valence-corrected chi connectivity index (χ0v) is 17.3. The first-order chi connectivity index (χ1) is 13.1. The zero-order valence-electron chi connectivity index (χ0n) is 17.3. The quantitative estimate of drug-likeness (QED) is 0.671. The number of hydrogen-bond donors (Lipinski definition) is 3. The molecular weight excluding hydrogens is 358 g/mol. The Labute approximate surface area is 167 Å². The van der Waals surface area contributed by atoms with Crippen LogP contribution in [-0.4, -0.2) is 52.6 Å². The van der Waals surface area contributed by atoms with Crippen LogP contribution in [0.5, 0.6) is 0 Å². The van der Waals surface area contributed by atoms with Crippen LogP contribution in [0.1, 0.15) is 52.5 Å². The highest BCUT2D eigenvalue weighted by Crippen LogP contribution is 2.27. The van der Waals surface area contributed by atoms with Gasteiger partial charge in [-0.15, -0.1) is 0 Å². The van der Waals surface area contributed by atoms with Crippen LogP contribution in [0.2, 0.25) is 0 Å². The van der Waals surface area contributed by atoms with E-state index in [1.807, 2.05) is 30.3 Å². The van der Waals surface area contributed by atoms with E-state index in [9.17, 15) is 14.7 Å². The largest absolute Gasteiger partial charge is 0.417 e. The van der Waals surface area contributed by atoms with Crippen LogP contribution in [-0.2, 0) is 11.2 Å². The third kappa shape index (κ3) is 6.21. The average Bonchev–Trinajstić information content (AvgIpc) is 2.60. The molecule has 0 saturated carbocycles. The fourth-order valence-electron chi connectivity index (χ4n) is 3.57. The second-order valence-electron chi connectivity index (χ2n) is 8.49. The summed E-state index contributed by atoms with van der Waals surface area (Å²) in [6.45, 7) is 8.58. The van der Waals surface area contributed by atoms with Gasteiger partial charge >= 0.3 is 12.2 Å². The number of amides is 2. The summed E-state index contributed by atoms with van der Waals surface area (Å²) in [6.07, 6.45) is 0.947. The highest BCUT2D eigenvalue weighted by atomic mass is 16.6. The van der Waals surface area contributed by atoms with E-state index in [1.165, 1.54) is 0 Å². The van der Waals surface area contributed by atoms with Gasteiger partial charge in [-0.1, -0.05) is 36.8 Å². The van der Waals surface area contributed by atoms with Crippen LogP contribution in [0, 0.1) is 0 Å². The van der Waals surface area contributed by atoms with Crippen molar-refractivity contribution in [3.63, 3.8) is 0 Å². The van der Waals surface area contributed by atoms with E-state index in [0.717, 1.165) is 37.9 Å². The van der Waals surface area contributed by atoms with Gasteiger partial charge in [-0.05, 0) is 46.1 Å². The van der Waals surface area contributed by atoms with Crippen LogP contribution in [0.15, 0.2) is 30.3 Å². The fourth-order valence-corrected chi connectivity index (χ4v) is 3.57. The minimum absolute atomic E-state index is 0.404. The van der Waals surface area contributed by atoms with E-state index in [4.69, 9.17) is 4.74 Å². The Morgan fingerprint density at radius 2 is 1.64 bits per heavy atom. The lowest BCUT2D eigenvalue weighted by atomic mass is 9.90. The van der Waals surface area contributed by atoms with Gasteiger partial charge in [-0.25, -0.2) is 9.59 Å². The van der Waals surface area contributed by atoms with E-state index in [1.54, 1.807) is 27.7 Å². The number of aliphatic hydroxyl groups excluding tert-OH is 1. The maximum Gasteiger partial charge on any atom is 0.417 e. The lowest BCUT2D eigenvalue weighted by Gasteiger charge is -2.47. The zero-order chi connectivity index (χ0) is 20.8. The molecule has 1 aromatic rings. The van der Waals surface area contributed by atoms with Gasteiger partial charge in [0, 0.05) is 25.0 Å². The Hall–Kier alpha value is -2.12. The van der Waals surface area contributed by atoms with Crippen molar-refractivity contribution in [3.05, 3.63) is 35.9 Å². The molecule has 1 aromatic carbocycles. The van der Waals surface area contributed by atoms with Gasteiger partial charge in [0.25, 0.3) is 0 Å². The molecule has 0 spiro atoms. The standard InChI is InChI=1S/C21H33N3O4/c1-16(25)21(24-13-9-6-10-14-24,15-17-11-7-5-8-12-17)23-19(27)28-18(26)22-20(2,3)4/h5,7-8,11-12,16,25H,6,9-10,13-15H2,1-4H3,(H,22,26)(H,23,27). The Balaban J connectivity index is 2.23. The van der Waals surface area contributed by atoms with Crippen LogP contribution < -0.4 is 10.6 Å². The Bertz CT molecular complexity index is 651. The number of likely N-dealkylation sites (tertiary alicyclic amines) is 1. The number of nitrogens with one attached hydrogen (secondary N) is 2. The van der Waals surface area contributed by atoms with Gasteiger partial charge in [0.1, 0.15) is 5.66 Å². The van der Waals surface area contributed by atoms with Crippen LogP contribution in [0.4, 0.5) is 9.59 Å². The summed E-state index contributed by atoms with van der Waals surface area (Å²) in [5.74, 6) is 0. The van der Waals surface area contributed by atoms with E-state index < -0.39 is 29.5 Å². The van der Waals surface area contributed by atoms with E-state index in [2.05, 4.69) is 15.5 Å². The number of ether oxygens (including phenoxy) is 1. The van der Waals surface area contributed by atoms with E-state index in [-0.39, 0.29) is 0 Å². The fraction of sp³-hybridized carbons (Fsp3) is 0.619. The van der Waals surface area contributed by atoms with Crippen molar-refractivity contribution >= 4 is 12.2 Å². The summed E-state index contributed by atoms with van der Waals surface area (Å²) in [5.41, 5.74) is -0.593. The highest BCUT2D eigenvalue weighted by molar-refractivity contribution is 5.84. The molecule has 1 aliphatic rings. The molecule has 2 amide bonds. The number of carbonyl (C=O) groups is 2. The molecule has 2 atom stereocenters. The second kappa shape index (κ2) is 9.39. The maximum atomic E-state index is 12.6. The van der Waals surface area contributed by atoms with Crippen LogP contribution in [0.25, 0.3) is 0 Å². The first-order valence-electron chi connectivity index (χ1n) is 9.91. The molecule has 0 bridgehead atoms. The van der Waals surface area contributed by atoms with Crippen LogP contribution >= 0.6 is 0 Å². The number of nitrogens with zero attached hydrogens (tertiary/aromatic N) is 1. The number of benzene rings is 1. The molecule has 0 radical (unpaired) electrons. The molecule has 156 valence electrons. The number of hydrogen-bond acceptors (Lipinski definition) is 5. The van der Waals surface area contributed by atoms with Crippen molar-refractivity contribution in [1.29, 1.82) is 0 Å². The monoisotopic (exact) mass is 391 g/mol. The molecule has 1 saturated heterocycles. The SMILES string of the molecule is CC(O)C(Cc1ccccc1)(NC(=O)OC(=O)NC(C)(C)C)N1CCCCC1. The second-order valence-corrected chi connectivity index (χ2v) is 8.49. The van der Waals surface area contributed by atoms with Crippen molar-refractivity contribution in [2.24, 2.45) is 0 Å². The number of aliphatic hydroxyl groups is 1. The molecule has 28 heavy (non-hydrogen) atoms. The number of rotatable bonds is 5. The Morgan fingerprint density at radius 3 is 2.18 bits per heavy atom. The summed E-state index contributed by atoms with van der Waals surface area (Å²) in [5, 5.41) is 16.1. The molecule has 2 rings (SSSR count). The van der Waals surface area contributed by atoms with Crippen molar-refractivity contribution in [2.75, 3.05) is 13.1 Å². The first kappa shape index (κ1) is 22.2. The lowest BCUT2D eigenvalue weighted by Crippen LogP contribution is -2.68. The third-order valence-electron chi connectivity index (χ3n) is 4.91. The molecule has 7 nitrogen and oxygen atoms in total. The number of carbonyl (C=O) groups excluding carboxylic acids is 2. The molecule has 1 aliphatic heterocycles. The van der Waals surface area contributed by atoms with Gasteiger partial charge < -0.3 is 15.2 Å². The predicted molar refractivity (Wildman–Crippen MR) is 108 cm³/mol. The molecule has 7 heteroatoms. The summed E-state index contributed by atoms with van der Waals surface area (Å²) in [4.78, 5) is 26.6. The Morgan fingerprint density at radius 1 is 1.07 bits per heavy atom. The summed E-state index contributed by atoms with van der Waals surface area (Å²) in [6, 6.07) is 9.69. The maximum absolute atomic E-state index is 12.6. The first-order valence-corrected chi connectivity index (χ1v) is 9.91. The van der Waals surface area contributed by atoms with Gasteiger partial charge in [0.15, 0.2) is 0 Å². The number of alkyl carbamates (subject to hydrolysis) is 2. The predicted octanol–water partition coefficient (Wildman–Crippen LogP) is 3.03. The molecule has 3 N–H and O–H groups in total. The summed E-state index contributed by atoms with van der Waals surface area (Å²) in [7, 11) is 0. The van der Waals surface area contributed by atoms with Crippen LogP contribution in [0.3, 0.4) is 0 Å². The highest BCUT2D eigenvalue weighted by Gasteiger charge is 2.44. The smallest absolute Gasteiger partial charge is 0.390 e. The minimum atomic E-state index is -1.05. The molecular formula is C21H33N3O4. The molecule has 0 aliphatic carbocycles. The van der Waals surface area contributed by atoms with Crippen molar-refractivity contribution in [1.82, 2.24) is 15.5 Å². The van der Waals surface area contributed by atoms with E-state index in [0.29, 0.717) is 6.42 Å². The molecule has 2 unspecified atom stereocenters. The van der Waals surface area contributed by atoms with Crippen molar-refractivity contribution < 1.29 is 19.4 Å². The van der Waals surface area contributed by atoms with Gasteiger partial charge in [0.05, 0.1) is 6.10 Å². The van der Waals surface area contributed by atoms with Crippen molar-refractivity contribution in [3.8, 4) is 0 Å². The minimum Gasteiger partial charge on any atom is -0.390 e. The molecule has 0 aromatic heterocycles. The topological polar surface area (TPSA) is 90.9 Å². The number of piperidine rings is 1. The van der Waals surface area contributed by atoms with Gasteiger partial charge in [-0.3, -0.25) is 10.2 Å². The Kier molecular flexibility index (Phi) is 7.43. The average molecular weight is 392 g/mol. The normalized spacial score (nSPS) is 18.6. The van der Waals surface area contributed by atoms with Gasteiger partial charge in [0.2, 0.25) is 0 Å².